The van der Waals surface area contributed by atoms with Crippen LogP contribution in [0.15, 0.2) is 47.8 Å². The maximum atomic E-state index is 14.0. The summed E-state index contributed by atoms with van der Waals surface area (Å²) in [5, 5.41) is 0. The Balaban J connectivity index is 4.77. The molecule has 0 radical (unpaired) electrons. The monoisotopic (exact) mass is 326 g/mol. The number of allylic oxidation sites excluding steroid dienone is 5. The third-order valence-electron chi connectivity index (χ3n) is 4.39. The van der Waals surface area contributed by atoms with Crippen molar-refractivity contribution in [2.45, 2.75) is 53.9 Å². The number of ether oxygens (including phenoxy) is 1. The van der Waals surface area contributed by atoms with Crippen LogP contribution < -0.4 is 0 Å². The van der Waals surface area contributed by atoms with E-state index in [0.717, 1.165) is 6.42 Å². The summed E-state index contributed by atoms with van der Waals surface area (Å²) in [4.78, 5) is 0. The smallest absolute Gasteiger partial charge is 0.200 e. The highest BCUT2D eigenvalue weighted by atomic mass is 19.2. The molecule has 0 aromatic heterocycles. The predicted molar refractivity (Wildman–Crippen MR) is 95.3 cm³/mol. The maximum absolute atomic E-state index is 14.0. The van der Waals surface area contributed by atoms with Crippen molar-refractivity contribution in [3.63, 3.8) is 0 Å². The van der Waals surface area contributed by atoms with Crippen molar-refractivity contribution in [1.29, 1.82) is 0 Å². The Kier molecular flexibility index (Phi) is 9.78. The number of rotatable bonds is 10. The van der Waals surface area contributed by atoms with Crippen molar-refractivity contribution in [2.24, 2.45) is 17.8 Å². The lowest BCUT2D eigenvalue weighted by Gasteiger charge is -2.20. The quantitative estimate of drug-likeness (QED) is 0.313. The molecule has 2 unspecified atom stereocenters. The van der Waals surface area contributed by atoms with Crippen LogP contribution in [0, 0.1) is 17.8 Å². The molecule has 0 rings (SSSR count). The van der Waals surface area contributed by atoms with Gasteiger partial charge in [-0.2, -0.15) is 4.39 Å². The summed E-state index contributed by atoms with van der Waals surface area (Å²) in [5.41, 5.74) is 0.687. The zero-order valence-electron chi connectivity index (χ0n) is 15.5. The molecule has 0 fully saturated rings. The van der Waals surface area contributed by atoms with Crippen molar-refractivity contribution in [3.05, 3.63) is 47.8 Å². The van der Waals surface area contributed by atoms with E-state index in [1.165, 1.54) is 20.0 Å². The Morgan fingerprint density at radius 1 is 1.00 bits per heavy atom. The molecule has 0 spiro atoms. The highest BCUT2D eigenvalue weighted by Crippen LogP contribution is 2.28. The highest BCUT2D eigenvalue weighted by molar-refractivity contribution is 5.44. The van der Waals surface area contributed by atoms with Crippen LogP contribution in [0.1, 0.15) is 53.9 Å². The van der Waals surface area contributed by atoms with E-state index in [0.29, 0.717) is 23.3 Å². The Hall–Kier alpha value is -1.38. The van der Waals surface area contributed by atoms with Gasteiger partial charge in [0, 0.05) is 5.57 Å². The van der Waals surface area contributed by atoms with Crippen molar-refractivity contribution in [1.82, 2.24) is 0 Å². The second-order valence-corrected chi connectivity index (χ2v) is 6.78. The summed E-state index contributed by atoms with van der Waals surface area (Å²) in [6.45, 7) is 17.6. The van der Waals surface area contributed by atoms with Gasteiger partial charge in [-0.3, -0.25) is 0 Å². The van der Waals surface area contributed by atoms with Crippen molar-refractivity contribution < 1.29 is 13.5 Å². The Morgan fingerprint density at radius 3 is 2.04 bits per heavy atom. The van der Waals surface area contributed by atoms with Crippen LogP contribution in [0.5, 0.6) is 0 Å². The highest BCUT2D eigenvalue weighted by Gasteiger charge is 2.16. The van der Waals surface area contributed by atoms with Gasteiger partial charge in [-0.15, -0.1) is 0 Å². The lowest BCUT2D eigenvalue weighted by Crippen LogP contribution is -2.08. The van der Waals surface area contributed by atoms with E-state index in [-0.39, 0.29) is 11.3 Å². The van der Waals surface area contributed by atoms with Crippen molar-refractivity contribution >= 4 is 0 Å². The Labute approximate surface area is 140 Å². The molecule has 0 heterocycles. The minimum atomic E-state index is -1.09. The van der Waals surface area contributed by atoms with Gasteiger partial charge < -0.3 is 4.74 Å². The lowest BCUT2D eigenvalue weighted by molar-refractivity contribution is 0.281. The molecule has 0 saturated heterocycles. The van der Waals surface area contributed by atoms with E-state index in [1.807, 2.05) is 6.08 Å². The topological polar surface area (TPSA) is 9.23 Å². The molecule has 0 aliphatic carbocycles. The second-order valence-electron chi connectivity index (χ2n) is 6.78. The molecule has 23 heavy (non-hydrogen) atoms. The summed E-state index contributed by atoms with van der Waals surface area (Å²) in [6, 6.07) is 0. The number of methoxy groups -OCH3 is 1. The van der Waals surface area contributed by atoms with E-state index >= 15 is 0 Å². The molecule has 2 atom stereocenters. The van der Waals surface area contributed by atoms with Gasteiger partial charge in [0.15, 0.2) is 5.83 Å². The molecule has 0 bridgehead atoms. The number of hydrogen-bond acceptors (Lipinski definition) is 1. The zero-order valence-corrected chi connectivity index (χ0v) is 15.5. The van der Waals surface area contributed by atoms with Crippen molar-refractivity contribution in [3.8, 4) is 0 Å². The van der Waals surface area contributed by atoms with Crippen LogP contribution in [-0.4, -0.2) is 7.11 Å². The Morgan fingerprint density at radius 2 is 1.57 bits per heavy atom. The summed E-state index contributed by atoms with van der Waals surface area (Å²) in [6.07, 6.45) is 5.15. The fourth-order valence-corrected chi connectivity index (χ4v) is 2.12. The minimum Gasteiger partial charge on any atom is -0.494 e. The largest absolute Gasteiger partial charge is 0.494 e. The van der Waals surface area contributed by atoms with E-state index in [2.05, 4.69) is 45.6 Å². The second kappa shape index (κ2) is 10.4. The first-order valence-electron chi connectivity index (χ1n) is 8.26. The van der Waals surface area contributed by atoms with E-state index < -0.39 is 11.7 Å². The van der Waals surface area contributed by atoms with Gasteiger partial charge in [0.25, 0.3) is 0 Å². The molecular weight excluding hydrogens is 294 g/mol. The van der Waals surface area contributed by atoms with E-state index in [1.54, 1.807) is 6.92 Å². The standard InChI is InChI=1S/C20H32F2O/c1-13(2)9-10-14(3)15(4)11-12-16(5)17(6)19(21)20(22)18(7)23-8/h12-15H,6-7,9-11H2,1-5,8H3/b16-12+,20-19-. The molecule has 0 aliphatic rings. The summed E-state index contributed by atoms with van der Waals surface area (Å²) in [5.74, 6) is -0.637. The van der Waals surface area contributed by atoms with Crippen LogP contribution in [0.25, 0.3) is 0 Å². The summed E-state index contributed by atoms with van der Waals surface area (Å²) < 4.78 is 32.3. The normalized spacial score (nSPS) is 16.0. The summed E-state index contributed by atoms with van der Waals surface area (Å²) >= 11 is 0. The average Bonchev–Trinajstić information content (AvgIpc) is 2.53. The molecule has 0 aromatic carbocycles. The predicted octanol–water partition coefficient (Wildman–Crippen LogP) is 6.90. The van der Waals surface area contributed by atoms with Crippen LogP contribution in [0.4, 0.5) is 8.78 Å². The molecule has 0 N–H and O–H groups in total. The number of hydrogen-bond donors (Lipinski definition) is 0. The molecule has 0 saturated carbocycles. The molecule has 3 heteroatoms. The molecule has 0 aromatic rings. The van der Waals surface area contributed by atoms with Gasteiger partial charge in [-0.05, 0) is 36.7 Å². The van der Waals surface area contributed by atoms with Gasteiger partial charge in [0.05, 0.1) is 7.11 Å². The number of halogens is 2. The molecule has 0 amide bonds. The van der Waals surface area contributed by atoms with Crippen molar-refractivity contribution in [2.75, 3.05) is 7.11 Å². The van der Waals surface area contributed by atoms with Gasteiger partial charge in [0.2, 0.25) is 5.83 Å². The zero-order chi connectivity index (χ0) is 18.2. The fourth-order valence-electron chi connectivity index (χ4n) is 2.12. The van der Waals surface area contributed by atoms with Gasteiger partial charge in [-0.25, -0.2) is 4.39 Å². The van der Waals surface area contributed by atoms with E-state index in [9.17, 15) is 8.78 Å². The maximum Gasteiger partial charge on any atom is 0.200 e. The summed E-state index contributed by atoms with van der Waals surface area (Å²) in [7, 11) is 1.25. The SMILES string of the molecule is C=C(OC)/C(F)=C(/F)C(=C)/C(C)=C/CC(C)C(C)CCC(C)C. The van der Waals surface area contributed by atoms with Gasteiger partial charge in [-0.1, -0.05) is 59.8 Å². The van der Waals surface area contributed by atoms with Crippen LogP contribution in [0.2, 0.25) is 0 Å². The lowest BCUT2D eigenvalue weighted by atomic mass is 9.86. The average molecular weight is 326 g/mol. The first-order chi connectivity index (χ1) is 10.6. The molecule has 132 valence electrons. The van der Waals surface area contributed by atoms with Crippen LogP contribution >= 0.6 is 0 Å². The van der Waals surface area contributed by atoms with Crippen LogP contribution in [0.3, 0.4) is 0 Å². The van der Waals surface area contributed by atoms with Gasteiger partial charge >= 0.3 is 0 Å². The molecule has 0 aliphatic heterocycles. The van der Waals surface area contributed by atoms with Crippen LogP contribution in [-0.2, 0) is 4.74 Å². The Bertz CT molecular complexity index is 472. The molecule has 1 nitrogen and oxygen atoms in total. The fraction of sp³-hybridized carbons (Fsp3) is 0.600. The molecular formula is C20H32F2O. The first kappa shape index (κ1) is 21.6. The first-order valence-corrected chi connectivity index (χ1v) is 8.26. The minimum absolute atomic E-state index is 0.0442. The van der Waals surface area contributed by atoms with E-state index in [4.69, 9.17) is 0 Å². The third-order valence-corrected chi connectivity index (χ3v) is 4.39. The third kappa shape index (κ3) is 7.62. The van der Waals surface area contributed by atoms with Gasteiger partial charge in [0.1, 0.15) is 5.76 Å².